The van der Waals surface area contributed by atoms with E-state index in [0.717, 1.165) is 25.9 Å². The summed E-state index contributed by atoms with van der Waals surface area (Å²) in [4.78, 5) is 2.30. The van der Waals surface area contributed by atoms with Gasteiger partial charge in [0.05, 0.1) is 17.7 Å². The van der Waals surface area contributed by atoms with Crippen LogP contribution >= 0.6 is 0 Å². The molecule has 20 heavy (non-hydrogen) atoms. The number of likely N-dealkylation sites (tertiary alicyclic amines) is 1. The van der Waals surface area contributed by atoms with Crippen LogP contribution in [-0.4, -0.2) is 46.6 Å². The number of nitrogens with two attached hydrogens (primary N) is 1. The summed E-state index contributed by atoms with van der Waals surface area (Å²) in [5.41, 5.74) is 6.12. The maximum Gasteiger partial charge on any atom is 0.240 e. The van der Waals surface area contributed by atoms with Crippen LogP contribution in [-0.2, 0) is 10.0 Å². The number of likely N-dealkylation sites (N-methyl/N-ethyl adjacent to an activating group) is 1. The van der Waals surface area contributed by atoms with E-state index in [1.165, 1.54) is 19.2 Å². The molecule has 1 aliphatic rings. The smallest absolute Gasteiger partial charge is 0.240 e. The highest BCUT2D eigenvalue weighted by molar-refractivity contribution is 7.89. The summed E-state index contributed by atoms with van der Waals surface area (Å²) in [6.07, 6.45) is 1.85. The molecule has 2 rings (SSSR count). The summed E-state index contributed by atoms with van der Waals surface area (Å²) in [5.74, 6) is 0.369. The maximum absolute atomic E-state index is 12.4. The Hall–Kier alpha value is -1.31. The lowest BCUT2D eigenvalue weighted by molar-refractivity contribution is 0.242. The molecule has 1 unspecified atom stereocenters. The highest BCUT2D eigenvalue weighted by Crippen LogP contribution is 2.25. The van der Waals surface area contributed by atoms with E-state index in [1.54, 1.807) is 6.07 Å². The minimum atomic E-state index is -3.54. The van der Waals surface area contributed by atoms with Crippen LogP contribution in [0.2, 0.25) is 0 Å². The van der Waals surface area contributed by atoms with E-state index in [1.807, 2.05) is 7.05 Å². The number of nitrogens with zero attached hydrogens (tertiary/aromatic N) is 1. The molecule has 0 aliphatic carbocycles. The van der Waals surface area contributed by atoms with Crippen LogP contribution in [0.15, 0.2) is 23.1 Å². The van der Waals surface area contributed by atoms with Gasteiger partial charge in [-0.05, 0) is 38.6 Å². The number of methoxy groups -OCH3 is 1. The minimum Gasteiger partial charge on any atom is -0.495 e. The Balaban J connectivity index is 2.17. The summed E-state index contributed by atoms with van der Waals surface area (Å²) >= 11 is 0. The first-order chi connectivity index (χ1) is 9.42. The highest BCUT2D eigenvalue weighted by atomic mass is 32.2. The molecule has 1 atom stereocenters. The van der Waals surface area contributed by atoms with Crippen LogP contribution < -0.4 is 15.2 Å². The highest BCUT2D eigenvalue weighted by Gasteiger charge is 2.24. The number of anilines is 1. The van der Waals surface area contributed by atoms with Crippen molar-refractivity contribution in [3.05, 3.63) is 18.2 Å². The molecule has 1 heterocycles. The average molecular weight is 299 g/mol. The van der Waals surface area contributed by atoms with E-state index in [4.69, 9.17) is 10.5 Å². The molecule has 1 aromatic carbocycles. The fourth-order valence-corrected chi connectivity index (χ4v) is 3.69. The molecule has 6 nitrogen and oxygen atoms in total. The molecule has 0 saturated carbocycles. The standard InChI is InChI=1S/C13H21N3O3S/c1-16-7-3-4-10(9-16)15-20(17,18)11-5-6-12(14)13(8-11)19-2/h5-6,8,10,15H,3-4,7,9,14H2,1-2H3. The third-order valence-electron chi connectivity index (χ3n) is 3.46. The van der Waals surface area contributed by atoms with Crippen LogP contribution in [0, 0.1) is 0 Å². The van der Waals surface area contributed by atoms with E-state index in [0.29, 0.717) is 11.4 Å². The van der Waals surface area contributed by atoms with E-state index >= 15 is 0 Å². The number of ether oxygens (including phenoxy) is 1. The number of sulfonamides is 1. The number of nitrogens with one attached hydrogen (secondary N) is 1. The molecular formula is C13H21N3O3S. The van der Waals surface area contributed by atoms with Gasteiger partial charge in [0.1, 0.15) is 5.75 Å². The molecule has 3 N–H and O–H groups in total. The second-order valence-corrected chi connectivity index (χ2v) is 6.84. The van der Waals surface area contributed by atoms with Gasteiger partial charge in [-0.3, -0.25) is 0 Å². The number of rotatable bonds is 4. The minimum absolute atomic E-state index is 0.0534. The van der Waals surface area contributed by atoms with Crippen molar-refractivity contribution < 1.29 is 13.2 Å². The number of hydrogen-bond acceptors (Lipinski definition) is 5. The zero-order chi connectivity index (χ0) is 14.8. The molecule has 0 amide bonds. The topological polar surface area (TPSA) is 84.7 Å². The normalized spacial score (nSPS) is 20.8. The van der Waals surface area contributed by atoms with Gasteiger partial charge in [0.15, 0.2) is 0 Å². The second kappa shape index (κ2) is 5.99. The Bertz CT molecular complexity index is 574. The summed E-state index contributed by atoms with van der Waals surface area (Å²) in [7, 11) is -0.0882. The third-order valence-corrected chi connectivity index (χ3v) is 4.98. The quantitative estimate of drug-likeness (QED) is 0.797. The SMILES string of the molecule is COc1cc(S(=O)(=O)NC2CCCN(C)C2)ccc1N. The first kappa shape index (κ1) is 15.1. The van der Waals surface area contributed by atoms with Crippen molar-refractivity contribution >= 4 is 15.7 Å². The van der Waals surface area contributed by atoms with Crippen LogP contribution in [0.4, 0.5) is 5.69 Å². The molecular weight excluding hydrogens is 278 g/mol. The summed E-state index contributed by atoms with van der Waals surface area (Å²) in [6, 6.07) is 4.43. The van der Waals surface area contributed by atoms with Crippen molar-refractivity contribution in [2.45, 2.75) is 23.8 Å². The van der Waals surface area contributed by atoms with Crippen molar-refractivity contribution in [2.75, 3.05) is 33.0 Å². The second-order valence-electron chi connectivity index (χ2n) is 5.13. The predicted octanol–water partition coefficient (Wildman–Crippen LogP) is 0.650. The van der Waals surface area contributed by atoms with Crippen molar-refractivity contribution in [3.8, 4) is 5.75 Å². The van der Waals surface area contributed by atoms with Gasteiger partial charge in [-0.1, -0.05) is 0 Å². The molecule has 1 aromatic rings. The van der Waals surface area contributed by atoms with Gasteiger partial charge in [0, 0.05) is 18.7 Å². The predicted molar refractivity (Wildman–Crippen MR) is 78.2 cm³/mol. The monoisotopic (exact) mass is 299 g/mol. The molecule has 0 radical (unpaired) electrons. The lowest BCUT2D eigenvalue weighted by Crippen LogP contribution is -2.46. The third kappa shape index (κ3) is 3.41. The Kier molecular flexibility index (Phi) is 4.52. The zero-order valence-electron chi connectivity index (χ0n) is 11.8. The Morgan fingerprint density at radius 3 is 2.85 bits per heavy atom. The van der Waals surface area contributed by atoms with E-state index in [2.05, 4.69) is 9.62 Å². The number of piperidine rings is 1. The lowest BCUT2D eigenvalue weighted by Gasteiger charge is -2.30. The van der Waals surface area contributed by atoms with Gasteiger partial charge >= 0.3 is 0 Å². The van der Waals surface area contributed by atoms with E-state index in [-0.39, 0.29) is 10.9 Å². The van der Waals surface area contributed by atoms with Crippen LogP contribution in [0.3, 0.4) is 0 Å². The van der Waals surface area contributed by atoms with Gasteiger partial charge in [0.25, 0.3) is 0 Å². The molecule has 112 valence electrons. The summed E-state index contributed by atoms with van der Waals surface area (Å²) < 4.78 is 32.5. The van der Waals surface area contributed by atoms with Crippen molar-refractivity contribution in [2.24, 2.45) is 0 Å². The van der Waals surface area contributed by atoms with Gasteiger partial charge in [-0.25, -0.2) is 13.1 Å². The lowest BCUT2D eigenvalue weighted by atomic mass is 10.1. The average Bonchev–Trinajstić information content (AvgIpc) is 2.38. The first-order valence-electron chi connectivity index (χ1n) is 6.57. The van der Waals surface area contributed by atoms with E-state index < -0.39 is 10.0 Å². The Morgan fingerprint density at radius 2 is 2.20 bits per heavy atom. The van der Waals surface area contributed by atoms with Crippen molar-refractivity contribution in [1.82, 2.24) is 9.62 Å². The summed E-state index contributed by atoms with van der Waals surface area (Å²) in [5, 5.41) is 0. The zero-order valence-corrected chi connectivity index (χ0v) is 12.6. The van der Waals surface area contributed by atoms with Crippen LogP contribution in [0.5, 0.6) is 5.75 Å². The number of benzene rings is 1. The molecule has 1 fully saturated rings. The fraction of sp³-hybridized carbons (Fsp3) is 0.538. The van der Waals surface area contributed by atoms with Crippen molar-refractivity contribution in [3.63, 3.8) is 0 Å². The fourth-order valence-electron chi connectivity index (χ4n) is 2.41. The van der Waals surface area contributed by atoms with E-state index in [9.17, 15) is 8.42 Å². The molecule has 0 spiro atoms. The van der Waals surface area contributed by atoms with Crippen molar-refractivity contribution in [1.29, 1.82) is 0 Å². The Labute approximate surface area is 120 Å². The maximum atomic E-state index is 12.4. The molecule has 0 aromatic heterocycles. The molecule has 0 bridgehead atoms. The molecule has 1 aliphatic heterocycles. The van der Waals surface area contributed by atoms with Gasteiger partial charge in [0.2, 0.25) is 10.0 Å². The van der Waals surface area contributed by atoms with Gasteiger partial charge < -0.3 is 15.4 Å². The first-order valence-corrected chi connectivity index (χ1v) is 8.05. The molecule has 7 heteroatoms. The van der Waals surface area contributed by atoms with Gasteiger partial charge in [-0.2, -0.15) is 0 Å². The largest absolute Gasteiger partial charge is 0.495 e. The number of hydrogen-bond donors (Lipinski definition) is 2. The number of nitrogen functional groups attached to an aromatic ring is 1. The Morgan fingerprint density at radius 1 is 1.45 bits per heavy atom. The summed E-state index contributed by atoms with van der Waals surface area (Å²) in [6.45, 7) is 1.74. The van der Waals surface area contributed by atoms with Crippen LogP contribution in [0.25, 0.3) is 0 Å². The molecule has 1 saturated heterocycles. The van der Waals surface area contributed by atoms with Crippen LogP contribution in [0.1, 0.15) is 12.8 Å². The van der Waals surface area contributed by atoms with Gasteiger partial charge in [-0.15, -0.1) is 0 Å².